The summed E-state index contributed by atoms with van der Waals surface area (Å²) in [5.74, 6) is 1.47. The highest BCUT2D eigenvalue weighted by atomic mass is 16.5. The summed E-state index contributed by atoms with van der Waals surface area (Å²) < 4.78 is 12.3. The largest absolute Gasteiger partial charge is 0.497 e. The molecule has 0 amide bonds. The van der Waals surface area contributed by atoms with Gasteiger partial charge in [-0.1, -0.05) is 24.3 Å². The van der Waals surface area contributed by atoms with Gasteiger partial charge in [0.15, 0.2) is 0 Å². The Labute approximate surface area is 203 Å². The fourth-order valence-corrected chi connectivity index (χ4v) is 3.86. The van der Waals surface area contributed by atoms with Gasteiger partial charge in [0.05, 0.1) is 12.5 Å². The zero-order valence-corrected chi connectivity index (χ0v) is 20.5. The highest BCUT2D eigenvalue weighted by molar-refractivity contribution is 5.73. The number of benzene rings is 2. The number of aromatic nitrogens is 3. The molecule has 0 atom stereocenters. The Kier molecular flexibility index (Phi) is 6.68. The number of hydrogen-bond donors (Lipinski definition) is 1. The second-order valence-electron chi connectivity index (χ2n) is 8.35. The van der Waals surface area contributed by atoms with Crippen molar-refractivity contribution >= 4 is 23.8 Å². The minimum absolute atomic E-state index is 0.0790. The van der Waals surface area contributed by atoms with E-state index in [4.69, 9.17) is 9.26 Å². The number of aryl methyl sites for hydroxylation is 1. The van der Waals surface area contributed by atoms with Gasteiger partial charge in [-0.05, 0) is 90.8 Å². The van der Waals surface area contributed by atoms with Gasteiger partial charge < -0.3 is 19.1 Å². The van der Waals surface area contributed by atoms with Crippen LogP contribution in [0.1, 0.15) is 19.4 Å². The normalized spacial score (nSPS) is 12.1. The number of hydrogen-bond acceptors (Lipinski definition) is 6. The zero-order valence-electron chi connectivity index (χ0n) is 20.5. The Bertz CT molecular complexity index is 1580. The van der Waals surface area contributed by atoms with Crippen molar-refractivity contribution in [1.29, 1.82) is 0 Å². The molecule has 0 radical (unpaired) electrons. The van der Waals surface area contributed by atoms with E-state index in [1.165, 1.54) is 0 Å². The Balaban J connectivity index is 1.71. The summed E-state index contributed by atoms with van der Waals surface area (Å²) in [7, 11) is 3.40. The average Bonchev–Trinajstić information content (AvgIpc) is 3.32. The number of pyridine rings is 1. The van der Waals surface area contributed by atoms with Gasteiger partial charge in [0.25, 0.3) is 17.4 Å². The predicted molar refractivity (Wildman–Crippen MR) is 140 cm³/mol. The summed E-state index contributed by atoms with van der Waals surface area (Å²) >= 11 is 0. The smallest absolute Gasteiger partial charge is 0.268 e. The molecular weight excluding hydrogens is 440 g/mol. The zero-order chi connectivity index (χ0) is 25.1. The first-order valence-corrected chi connectivity index (χ1v) is 11.2. The molecule has 0 bridgehead atoms. The van der Waals surface area contributed by atoms with Crippen LogP contribution in [0.2, 0.25) is 0 Å². The van der Waals surface area contributed by atoms with Crippen LogP contribution in [0.3, 0.4) is 0 Å². The standard InChI is InChI=1S/C28H28N4O3/c1-7-19-15-24(27(33)32(5)25(19)14-17(2)3)23-16-21(11-8-18(23)4)29-28-30-26(35-31-28)20-9-12-22(34-6)13-10-20/h7-16H,2H2,1,3-6H3,(H,29,31)/b19-7-,25-14+. The topological polar surface area (TPSA) is 82.2 Å². The molecule has 4 rings (SSSR count). The maximum Gasteiger partial charge on any atom is 0.268 e. The van der Waals surface area contributed by atoms with E-state index in [2.05, 4.69) is 22.0 Å². The summed E-state index contributed by atoms with van der Waals surface area (Å²) in [6.07, 6.45) is 3.91. The van der Waals surface area contributed by atoms with E-state index in [-0.39, 0.29) is 5.56 Å². The van der Waals surface area contributed by atoms with Crippen molar-refractivity contribution in [3.8, 4) is 28.3 Å². The van der Waals surface area contributed by atoms with Crippen molar-refractivity contribution < 1.29 is 9.26 Å². The van der Waals surface area contributed by atoms with Crippen LogP contribution in [0, 0.1) is 6.92 Å². The van der Waals surface area contributed by atoms with E-state index in [1.54, 1.807) is 18.7 Å². The van der Waals surface area contributed by atoms with Gasteiger partial charge in [-0.2, -0.15) is 4.98 Å². The second-order valence-corrected chi connectivity index (χ2v) is 8.35. The van der Waals surface area contributed by atoms with E-state index < -0.39 is 0 Å². The molecule has 0 saturated heterocycles. The van der Waals surface area contributed by atoms with Crippen LogP contribution in [-0.2, 0) is 7.05 Å². The number of nitrogens with one attached hydrogen (secondary N) is 1. The first-order valence-electron chi connectivity index (χ1n) is 11.2. The molecule has 0 aliphatic heterocycles. The molecule has 1 N–H and O–H groups in total. The minimum Gasteiger partial charge on any atom is -0.497 e. The Morgan fingerprint density at radius 1 is 1.14 bits per heavy atom. The quantitative estimate of drug-likeness (QED) is 0.454. The maximum absolute atomic E-state index is 13.3. The minimum atomic E-state index is -0.0790. The third-order valence-corrected chi connectivity index (χ3v) is 5.73. The molecule has 4 aromatic rings. The third-order valence-electron chi connectivity index (χ3n) is 5.73. The van der Waals surface area contributed by atoms with E-state index in [1.807, 2.05) is 81.5 Å². The molecule has 0 saturated carbocycles. The fourth-order valence-electron chi connectivity index (χ4n) is 3.86. The number of rotatable bonds is 6. The first kappa shape index (κ1) is 23.8. The lowest BCUT2D eigenvalue weighted by atomic mass is 10.00. The van der Waals surface area contributed by atoms with Crippen LogP contribution in [0.25, 0.3) is 34.7 Å². The van der Waals surface area contributed by atoms with Crippen molar-refractivity contribution in [1.82, 2.24) is 14.7 Å². The molecular formula is C28H28N4O3. The monoisotopic (exact) mass is 468 g/mol. The van der Waals surface area contributed by atoms with E-state index in [9.17, 15) is 4.79 Å². The molecule has 2 aromatic heterocycles. The van der Waals surface area contributed by atoms with E-state index in [0.717, 1.165) is 44.3 Å². The predicted octanol–water partition coefficient (Wildman–Crippen LogP) is 4.32. The number of allylic oxidation sites excluding steroid dienone is 1. The van der Waals surface area contributed by atoms with Crippen molar-refractivity contribution in [2.45, 2.75) is 20.8 Å². The molecule has 0 fully saturated rings. The maximum atomic E-state index is 13.3. The van der Waals surface area contributed by atoms with Crippen molar-refractivity contribution in [2.24, 2.45) is 7.05 Å². The highest BCUT2D eigenvalue weighted by Crippen LogP contribution is 2.26. The molecule has 0 spiro atoms. The summed E-state index contributed by atoms with van der Waals surface area (Å²) in [6, 6.07) is 15.1. The summed E-state index contributed by atoms with van der Waals surface area (Å²) in [6.45, 7) is 9.81. The molecule has 7 nitrogen and oxygen atoms in total. The van der Waals surface area contributed by atoms with E-state index in [0.29, 0.717) is 17.4 Å². The fraction of sp³-hybridized carbons (Fsp3) is 0.179. The second kappa shape index (κ2) is 9.85. The first-order chi connectivity index (χ1) is 16.8. The van der Waals surface area contributed by atoms with Crippen LogP contribution in [0.5, 0.6) is 5.75 Å². The van der Waals surface area contributed by atoms with Crippen molar-refractivity contribution in [2.75, 3.05) is 12.4 Å². The Hall–Kier alpha value is -4.39. The lowest BCUT2D eigenvalue weighted by molar-refractivity contribution is 0.414. The van der Waals surface area contributed by atoms with Gasteiger partial charge in [0, 0.05) is 23.9 Å². The lowest BCUT2D eigenvalue weighted by Gasteiger charge is -2.11. The highest BCUT2D eigenvalue weighted by Gasteiger charge is 2.13. The molecule has 0 unspecified atom stereocenters. The van der Waals surface area contributed by atoms with Crippen molar-refractivity contribution in [3.05, 3.63) is 87.2 Å². The molecule has 0 aliphatic carbocycles. The summed E-state index contributed by atoms with van der Waals surface area (Å²) in [4.78, 5) is 17.7. The summed E-state index contributed by atoms with van der Waals surface area (Å²) in [5, 5.41) is 9.02. The Morgan fingerprint density at radius 2 is 1.89 bits per heavy atom. The van der Waals surface area contributed by atoms with Gasteiger partial charge >= 0.3 is 0 Å². The number of ether oxygens (including phenoxy) is 1. The Morgan fingerprint density at radius 3 is 2.54 bits per heavy atom. The lowest BCUT2D eigenvalue weighted by Crippen LogP contribution is -2.42. The van der Waals surface area contributed by atoms with Crippen LogP contribution in [0.15, 0.2) is 70.0 Å². The number of anilines is 2. The van der Waals surface area contributed by atoms with Gasteiger partial charge in [-0.3, -0.25) is 4.79 Å². The molecule has 178 valence electrons. The van der Waals surface area contributed by atoms with Crippen LogP contribution in [-0.4, -0.2) is 21.8 Å². The van der Waals surface area contributed by atoms with Crippen LogP contribution >= 0.6 is 0 Å². The van der Waals surface area contributed by atoms with Gasteiger partial charge in [-0.15, -0.1) is 0 Å². The van der Waals surface area contributed by atoms with Crippen LogP contribution in [0.4, 0.5) is 11.6 Å². The van der Waals surface area contributed by atoms with Gasteiger partial charge in [0.2, 0.25) is 0 Å². The molecule has 7 heteroatoms. The van der Waals surface area contributed by atoms with Crippen molar-refractivity contribution in [3.63, 3.8) is 0 Å². The number of methoxy groups -OCH3 is 1. The van der Waals surface area contributed by atoms with Crippen LogP contribution < -0.4 is 26.2 Å². The van der Waals surface area contributed by atoms with Gasteiger partial charge in [-0.25, -0.2) is 0 Å². The average molecular weight is 469 g/mol. The van der Waals surface area contributed by atoms with Gasteiger partial charge in [0.1, 0.15) is 5.75 Å². The molecule has 2 heterocycles. The SMILES string of the molecule is C=C(C)/C=c1\c(=C/C)cc(-c2cc(Nc3noc(-c4ccc(OC)cc4)n3)ccc2C)c(=O)n1C. The third kappa shape index (κ3) is 4.94. The van der Waals surface area contributed by atoms with E-state index >= 15 is 0 Å². The number of nitrogens with zero attached hydrogens (tertiary/aromatic N) is 3. The molecule has 0 aliphatic rings. The molecule has 35 heavy (non-hydrogen) atoms. The summed E-state index contributed by atoms with van der Waals surface area (Å²) in [5.41, 5.74) is 4.77. The molecule has 2 aromatic carbocycles.